The third-order valence-corrected chi connectivity index (χ3v) is 3.45. The van der Waals surface area contributed by atoms with Crippen LogP contribution in [0.2, 0.25) is 0 Å². The molecule has 0 radical (unpaired) electrons. The maximum Gasteiger partial charge on any atom is 0.413 e. The zero-order valence-corrected chi connectivity index (χ0v) is 13.8. The highest BCUT2D eigenvalue weighted by Gasteiger charge is 2.15. The lowest BCUT2D eigenvalue weighted by atomic mass is 10.2. The largest absolute Gasteiger partial charge is 0.444 e. The molecule has 1 aromatic carbocycles. The molecule has 1 N–H and O–H groups in total. The number of nitrogens with one attached hydrogen (secondary N) is 1. The predicted molar refractivity (Wildman–Crippen MR) is 93.0 cm³/mol. The van der Waals surface area contributed by atoms with Gasteiger partial charge in [0.25, 0.3) is 5.69 Å². The monoisotopic (exact) mass is 364 g/mol. The maximum absolute atomic E-state index is 11.9. The Balaban J connectivity index is 1.71. The molecule has 2 heterocycles. The van der Waals surface area contributed by atoms with Gasteiger partial charge in [-0.1, -0.05) is 30.3 Å². The third-order valence-electron chi connectivity index (χ3n) is 3.45. The number of aromatic nitrogens is 3. The zero-order chi connectivity index (χ0) is 19.2. The second kappa shape index (κ2) is 7.75. The van der Waals surface area contributed by atoms with Crippen molar-refractivity contribution in [2.45, 2.75) is 6.61 Å². The molecule has 0 saturated heterocycles. The maximum atomic E-state index is 11.9. The van der Waals surface area contributed by atoms with Crippen molar-refractivity contribution in [3.8, 4) is 11.9 Å². The van der Waals surface area contributed by atoms with Gasteiger partial charge in [0.1, 0.15) is 24.4 Å². The molecule has 0 fully saturated rings. The highest BCUT2D eigenvalue weighted by atomic mass is 16.6. The Kier molecular flexibility index (Phi) is 5.04. The van der Waals surface area contributed by atoms with Crippen molar-refractivity contribution in [2.24, 2.45) is 0 Å². The molecule has 27 heavy (non-hydrogen) atoms. The lowest BCUT2D eigenvalue weighted by Crippen LogP contribution is -2.15. The molecule has 0 aliphatic carbocycles. The summed E-state index contributed by atoms with van der Waals surface area (Å²) in [5.74, 6) is 0.249. The molecule has 3 aromatic rings. The Bertz CT molecular complexity index is 1010. The molecular weight excluding hydrogens is 352 g/mol. The molecule has 0 spiro atoms. The summed E-state index contributed by atoms with van der Waals surface area (Å²) in [5, 5.41) is 26.4. The van der Waals surface area contributed by atoms with Crippen molar-refractivity contribution in [1.82, 2.24) is 14.8 Å². The number of nitro groups is 1. The first-order valence-electron chi connectivity index (χ1n) is 7.65. The average molecular weight is 364 g/mol. The number of ether oxygens (including phenoxy) is 1. The van der Waals surface area contributed by atoms with E-state index in [2.05, 4.69) is 15.4 Å². The van der Waals surface area contributed by atoms with Gasteiger partial charge >= 0.3 is 6.09 Å². The molecule has 0 aliphatic rings. The molecule has 3 rings (SSSR count). The van der Waals surface area contributed by atoms with Crippen molar-refractivity contribution in [3.63, 3.8) is 0 Å². The van der Waals surface area contributed by atoms with Crippen LogP contribution in [0.3, 0.4) is 0 Å². The lowest BCUT2D eigenvalue weighted by Gasteiger charge is -2.05. The number of amides is 1. The first kappa shape index (κ1) is 17.6. The number of nitrogens with zero attached hydrogens (tertiary/aromatic N) is 5. The Morgan fingerprint density at radius 3 is 2.70 bits per heavy atom. The number of benzene rings is 1. The van der Waals surface area contributed by atoms with Crippen LogP contribution in [-0.4, -0.2) is 25.8 Å². The predicted octanol–water partition coefficient (Wildman–Crippen LogP) is 2.80. The standard InChI is InChI=1S/C17H12N6O4/c18-8-13-10-22(15-7-6-14(9-19-15)23(25)26)21-16(13)20-17(24)27-11-12-4-2-1-3-5-12/h1-7,9-10H,11H2,(H,20,21,24). The molecular formula is C17H12N6O4. The van der Waals surface area contributed by atoms with Crippen LogP contribution in [0.5, 0.6) is 0 Å². The van der Waals surface area contributed by atoms with Gasteiger partial charge < -0.3 is 4.74 Å². The molecule has 0 bridgehead atoms. The van der Waals surface area contributed by atoms with Gasteiger partial charge in [0.15, 0.2) is 11.6 Å². The van der Waals surface area contributed by atoms with Gasteiger partial charge in [-0.25, -0.2) is 14.5 Å². The number of rotatable bonds is 5. The zero-order valence-electron chi connectivity index (χ0n) is 13.8. The van der Waals surface area contributed by atoms with E-state index in [0.717, 1.165) is 11.8 Å². The van der Waals surface area contributed by atoms with E-state index in [1.807, 2.05) is 36.4 Å². The van der Waals surface area contributed by atoms with Crippen LogP contribution < -0.4 is 5.32 Å². The van der Waals surface area contributed by atoms with Gasteiger partial charge in [-0.05, 0) is 11.6 Å². The SMILES string of the molecule is N#Cc1cn(-c2ccc([N+](=O)[O-])cn2)nc1NC(=O)OCc1ccccc1. The van der Waals surface area contributed by atoms with E-state index >= 15 is 0 Å². The number of nitriles is 1. The number of carbonyl (C=O) groups is 1. The minimum atomic E-state index is -0.766. The first-order chi connectivity index (χ1) is 13.1. The fourth-order valence-corrected chi connectivity index (χ4v) is 2.14. The minimum Gasteiger partial charge on any atom is -0.444 e. The minimum absolute atomic E-state index is 0.00397. The summed E-state index contributed by atoms with van der Waals surface area (Å²) in [4.78, 5) is 26.0. The molecule has 0 atom stereocenters. The number of hydrogen-bond donors (Lipinski definition) is 1. The second-order valence-electron chi connectivity index (χ2n) is 5.27. The normalized spacial score (nSPS) is 10.0. The third kappa shape index (κ3) is 4.23. The van der Waals surface area contributed by atoms with E-state index in [1.54, 1.807) is 0 Å². The smallest absolute Gasteiger partial charge is 0.413 e. The van der Waals surface area contributed by atoms with Crippen molar-refractivity contribution in [1.29, 1.82) is 5.26 Å². The molecule has 2 aromatic heterocycles. The van der Waals surface area contributed by atoms with Crippen molar-refractivity contribution >= 4 is 17.6 Å². The lowest BCUT2D eigenvalue weighted by molar-refractivity contribution is -0.385. The van der Waals surface area contributed by atoms with Crippen molar-refractivity contribution < 1.29 is 14.5 Å². The summed E-state index contributed by atoms with van der Waals surface area (Å²) >= 11 is 0. The Morgan fingerprint density at radius 2 is 2.07 bits per heavy atom. The fourth-order valence-electron chi connectivity index (χ4n) is 2.14. The number of anilines is 1. The number of hydrogen-bond acceptors (Lipinski definition) is 7. The molecule has 0 saturated carbocycles. The highest BCUT2D eigenvalue weighted by Crippen LogP contribution is 2.17. The van der Waals surface area contributed by atoms with Crippen LogP contribution in [0.1, 0.15) is 11.1 Å². The summed E-state index contributed by atoms with van der Waals surface area (Å²) in [7, 11) is 0. The van der Waals surface area contributed by atoms with Gasteiger partial charge in [-0.2, -0.15) is 5.26 Å². The second-order valence-corrected chi connectivity index (χ2v) is 5.27. The first-order valence-corrected chi connectivity index (χ1v) is 7.65. The van der Waals surface area contributed by atoms with E-state index in [9.17, 15) is 20.2 Å². The summed E-state index contributed by atoms with van der Waals surface area (Å²) < 4.78 is 6.32. The van der Waals surface area contributed by atoms with Crippen LogP contribution in [0, 0.1) is 21.4 Å². The summed E-state index contributed by atoms with van der Waals surface area (Å²) in [6, 6.07) is 13.7. The van der Waals surface area contributed by atoms with Gasteiger partial charge in [0, 0.05) is 6.07 Å². The Labute approximate surface area is 152 Å². The van der Waals surface area contributed by atoms with Crippen LogP contribution in [0.4, 0.5) is 16.3 Å². The van der Waals surface area contributed by atoms with E-state index in [1.165, 1.54) is 23.0 Å². The summed E-state index contributed by atoms with van der Waals surface area (Å²) in [6.07, 6.45) is 1.66. The Morgan fingerprint density at radius 1 is 1.30 bits per heavy atom. The molecule has 1 amide bonds. The van der Waals surface area contributed by atoms with Gasteiger partial charge in [0.2, 0.25) is 0 Å². The number of carbonyl (C=O) groups excluding carboxylic acids is 1. The van der Waals surface area contributed by atoms with Crippen LogP contribution in [0.25, 0.3) is 5.82 Å². The molecule has 10 heteroatoms. The molecule has 0 unspecified atom stereocenters. The van der Waals surface area contributed by atoms with E-state index < -0.39 is 11.0 Å². The van der Waals surface area contributed by atoms with Crippen LogP contribution in [0.15, 0.2) is 54.9 Å². The summed E-state index contributed by atoms with van der Waals surface area (Å²) in [6.45, 7) is 0.0686. The van der Waals surface area contributed by atoms with Crippen molar-refractivity contribution in [2.75, 3.05) is 5.32 Å². The van der Waals surface area contributed by atoms with E-state index in [-0.39, 0.29) is 29.5 Å². The molecule has 10 nitrogen and oxygen atoms in total. The van der Waals surface area contributed by atoms with E-state index in [0.29, 0.717) is 0 Å². The van der Waals surface area contributed by atoms with Crippen molar-refractivity contribution in [3.05, 3.63) is 76.1 Å². The quantitative estimate of drug-likeness (QED) is 0.543. The van der Waals surface area contributed by atoms with Gasteiger partial charge in [0.05, 0.1) is 11.1 Å². The molecule has 134 valence electrons. The highest BCUT2D eigenvalue weighted by molar-refractivity contribution is 5.85. The fraction of sp³-hybridized carbons (Fsp3) is 0.0588. The van der Waals surface area contributed by atoms with Crippen LogP contribution in [-0.2, 0) is 11.3 Å². The van der Waals surface area contributed by atoms with Gasteiger partial charge in [-0.15, -0.1) is 5.10 Å². The van der Waals surface area contributed by atoms with Crippen LogP contribution >= 0.6 is 0 Å². The molecule has 0 aliphatic heterocycles. The number of pyridine rings is 1. The topological polar surface area (TPSA) is 136 Å². The van der Waals surface area contributed by atoms with E-state index in [4.69, 9.17) is 4.74 Å². The van der Waals surface area contributed by atoms with Gasteiger partial charge in [-0.3, -0.25) is 15.4 Å². The average Bonchev–Trinajstić information content (AvgIpc) is 3.10. The Hall–Kier alpha value is -4.26. The summed E-state index contributed by atoms with van der Waals surface area (Å²) in [5.41, 5.74) is 0.731.